The lowest BCUT2D eigenvalue weighted by Gasteiger charge is -2.37. The van der Waals surface area contributed by atoms with Gasteiger partial charge < -0.3 is 4.90 Å². The molecule has 84 valence electrons. The molecular formula is C9H12Cl3N3. The van der Waals surface area contributed by atoms with Gasteiger partial charge in [0.05, 0.1) is 0 Å². The fourth-order valence-electron chi connectivity index (χ4n) is 2.08. The number of hydrogen-bond donors (Lipinski definition) is 0. The van der Waals surface area contributed by atoms with Crippen molar-refractivity contribution in [3.63, 3.8) is 0 Å². The molecular weight excluding hydrogens is 256 g/mol. The first-order valence-corrected chi connectivity index (χ1v) is 6.27. The van der Waals surface area contributed by atoms with Crippen molar-refractivity contribution in [2.24, 2.45) is 9.98 Å². The summed E-state index contributed by atoms with van der Waals surface area (Å²) < 4.78 is 0. The zero-order chi connectivity index (χ0) is 10.8. The predicted molar refractivity (Wildman–Crippen MR) is 64.9 cm³/mol. The van der Waals surface area contributed by atoms with Gasteiger partial charge in [-0.3, -0.25) is 0 Å². The minimum atomic E-state index is -0.509. The fraction of sp³-hybridized carbons (Fsp3) is 0.778. The second-order valence-corrected chi connectivity index (χ2v) is 4.86. The minimum absolute atomic E-state index is 0.132. The van der Waals surface area contributed by atoms with Gasteiger partial charge in [0.1, 0.15) is 0 Å². The number of aliphatic imine (C=N–C) groups is 2. The van der Waals surface area contributed by atoms with Gasteiger partial charge >= 0.3 is 0 Å². The number of nitrogens with zero attached hydrogens (tertiary/aromatic N) is 3. The molecule has 2 rings (SSSR count). The summed E-state index contributed by atoms with van der Waals surface area (Å²) in [5, 5.41) is 0.494. The summed E-state index contributed by atoms with van der Waals surface area (Å²) in [4.78, 5) is 9.78. The van der Waals surface area contributed by atoms with Crippen LogP contribution in [-0.4, -0.2) is 27.2 Å². The largest absolute Gasteiger partial charge is 0.309 e. The van der Waals surface area contributed by atoms with Crippen LogP contribution < -0.4 is 0 Å². The first-order valence-electron chi connectivity index (χ1n) is 5.08. The highest BCUT2D eigenvalue weighted by atomic mass is 35.5. The Labute approximate surface area is 104 Å². The van der Waals surface area contributed by atoms with Crippen molar-refractivity contribution in [1.29, 1.82) is 0 Å². The molecule has 1 saturated carbocycles. The quantitative estimate of drug-likeness (QED) is 0.529. The second-order valence-electron chi connectivity index (χ2n) is 3.79. The van der Waals surface area contributed by atoms with E-state index in [9.17, 15) is 0 Å². The standard InChI is InChI=1S/C9H12Cl3N3/c10-7-13-8(11)15(9(12)14-7)6-4-2-1-3-5-6/h6,8H,1-5H2. The summed E-state index contributed by atoms with van der Waals surface area (Å²) in [5.74, 6) is 0. The molecule has 1 aliphatic carbocycles. The Hall–Kier alpha value is 0.01000. The van der Waals surface area contributed by atoms with E-state index >= 15 is 0 Å². The van der Waals surface area contributed by atoms with Gasteiger partial charge in [-0.15, -0.1) is 0 Å². The van der Waals surface area contributed by atoms with Gasteiger partial charge in [-0.25, -0.2) is 4.99 Å². The van der Waals surface area contributed by atoms with E-state index in [0.717, 1.165) is 12.8 Å². The van der Waals surface area contributed by atoms with E-state index in [-0.39, 0.29) is 5.29 Å². The molecule has 0 bridgehead atoms. The highest BCUT2D eigenvalue weighted by Crippen LogP contribution is 2.28. The average Bonchev–Trinajstić information content (AvgIpc) is 2.17. The molecule has 0 aromatic rings. The normalized spacial score (nSPS) is 28.7. The Morgan fingerprint density at radius 1 is 1.13 bits per heavy atom. The first kappa shape index (κ1) is 11.5. The summed E-state index contributed by atoms with van der Waals surface area (Å²) in [7, 11) is 0. The molecule has 2 aliphatic rings. The molecule has 0 aromatic heterocycles. The number of rotatable bonds is 1. The smallest absolute Gasteiger partial charge is 0.223 e. The van der Waals surface area contributed by atoms with Gasteiger partial charge in [-0.1, -0.05) is 30.9 Å². The molecule has 15 heavy (non-hydrogen) atoms. The molecule has 0 saturated heterocycles. The van der Waals surface area contributed by atoms with Crippen LogP contribution in [0.15, 0.2) is 9.98 Å². The minimum Gasteiger partial charge on any atom is -0.309 e. The third-order valence-electron chi connectivity index (χ3n) is 2.81. The van der Waals surface area contributed by atoms with Crippen molar-refractivity contribution >= 4 is 45.4 Å². The van der Waals surface area contributed by atoms with Gasteiger partial charge in [0.25, 0.3) is 0 Å². The van der Waals surface area contributed by atoms with Gasteiger partial charge in [0.15, 0.2) is 0 Å². The molecule has 1 heterocycles. The van der Waals surface area contributed by atoms with Gasteiger partial charge in [0, 0.05) is 6.04 Å². The van der Waals surface area contributed by atoms with Crippen LogP contribution in [0, 0.1) is 0 Å². The Kier molecular flexibility index (Phi) is 3.75. The third-order valence-corrected chi connectivity index (χ3v) is 3.58. The highest BCUT2D eigenvalue weighted by molar-refractivity contribution is 6.72. The summed E-state index contributed by atoms with van der Waals surface area (Å²) in [6.45, 7) is 0. The lowest BCUT2D eigenvalue weighted by atomic mass is 9.95. The summed E-state index contributed by atoms with van der Waals surface area (Å²) >= 11 is 17.8. The van der Waals surface area contributed by atoms with Crippen LogP contribution in [0.1, 0.15) is 32.1 Å². The molecule has 6 heteroatoms. The summed E-state index contributed by atoms with van der Waals surface area (Å²) in [6, 6.07) is 0.353. The van der Waals surface area contributed by atoms with Crippen molar-refractivity contribution in [2.75, 3.05) is 0 Å². The van der Waals surface area contributed by atoms with E-state index in [1.807, 2.05) is 4.90 Å². The fourth-order valence-corrected chi connectivity index (χ4v) is 3.05. The molecule has 1 aliphatic heterocycles. The molecule has 0 amide bonds. The molecule has 1 atom stereocenters. The first-order chi connectivity index (χ1) is 7.18. The topological polar surface area (TPSA) is 28.0 Å². The Bertz CT molecular complexity index is 297. The van der Waals surface area contributed by atoms with E-state index in [2.05, 4.69) is 9.98 Å². The second kappa shape index (κ2) is 4.89. The van der Waals surface area contributed by atoms with Crippen LogP contribution in [0.4, 0.5) is 0 Å². The van der Waals surface area contributed by atoms with Crippen molar-refractivity contribution in [3.05, 3.63) is 0 Å². The SMILES string of the molecule is ClC1=NC(Cl)N(C2CCCCC2)C(Cl)=N1. The Morgan fingerprint density at radius 3 is 2.40 bits per heavy atom. The van der Waals surface area contributed by atoms with Gasteiger partial charge in [-0.2, -0.15) is 4.99 Å². The van der Waals surface area contributed by atoms with Crippen LogP contribution in [0.5, 0.6) is 0 Å². The van der Waals surface area contributed by atoms with Crippen molar-refractivity contribution in [1.82, 2.24) is 4.90 Å². The maximum atomic E-state index is 6.09. The van der Waals surface area contributed by atoms with E-state index < -0.39 is 5.62 Å². The number of alkyl halides is 1. The monoisotopic (exact) mass is 267 g/mol. The molecule has 0 aromatic carbocycles. The Balaban J connectivity index is 2.11. The van der Waals surface area contributed by atoms with Crippen molar-refractivity contribution in [2.45, 2.75) is 43.8 Å². The molecule has 3 nitrogen and oxygen atoms in total. The van der Waals surface area contributed by atoms with E-state index in [1.165, 1.54) is 19.3 Å². The lowest BCUT2D eigenvalue weighted by Crippen LogP contribution is -2.45. The van der Waals surface area contributed by atoms with Crippen LogP contribution in [-0.2, 0) is 0 Å². The number of amidine groups is 2. The van der Waals surface area contributed by atoms with E-state index in [0.29, 0.717) is 11.3 Å². The van der Waals surface area contributed by atoms with Crippen molar-refractivity contribution < 1.29 is 0 Å². The van der Waals surface area contributed by atoms with Crippen LogP contribution in [0.25, 0.3) is 0 Å². The van der Waals surface area contributed by atoms with Gasteiger partial charge in [0.2, 0.25) is 16.2 Å². The van der Waals surface area contributed by atoms with Crippen molar-refractivity contribution in [3.8, 4) is 0 Å². The zero-order valence-electron chi connectivity index (χ0n) is 8.17. The molecule has 1 unspecified atom stereocenters. The average molecular weight is 269 g/mol. The van der Waals surface area contributed by atoms with Crippen LogP contribution in [0.3, 0.4) is 0 Å². The van der Waals surface area contributed by atoms with Gasteiger partial charge in [-0.05, 0) is 36.0 Å². The van der Waals surface area contributed by atoms with E-state index in [1.54, 1.807) is 0 Å². The summed E-state index contributed by atoms with van der Waals surface area (Å²) in [6.07, 6.45) is 5.92. The van der Waals surface area contributed by atoms with E-state index in [4.69, 9.17) is 34.8 Å². The van der Waals surface area contributed by atoms with Crippen LogP contribution >= 0.6 is 34.8 Å². The maximum Gasteiger partial charge on any atom is 0.223 e. The molecule has 0 N–H and O–H groups in total. The highest BCUT2D eigenvalue weighted by Gasteiger charge is 2.30. The number of hydrogen-bond acceptors (Lipinski definition) is 3. The maximum absolute atomic E-state index is 6.09. The molecule has 0 radical (unpaired) electrons. The number of halogens is 3. The summed E-state index contributed by atoms with van der Waals surface area (Å²) in [5.41, 5.74) is -0.509. The predicted octanol–water partition coefficient (Wildman–Crippen LogP) is 3.35. The van der Waals surface area contributed by atoms with Crippen LogP contribution in [0.2, 0.25) is 0 Å². The Morgan fingerprint density at radius 2 is 1.80 bits per heavy atom. The molecule has 1 fully saturated rings. The lowest BCUT2D eigenvalue weighted by molar-refractivity contribution is 0.233. The third kappa shape index (κ3) is 2.58. The zero-order valence-corrected chi connectivity index (χ0v) is 10.4. The molecule has 0 spiro atoms.